The first kappa shape index (κ1) is 25.0. The minimum atomic E-state index is -0.332. The van der Waals surface area contributed by atoms with Crippen LogP contribution in [0.15, 0.2) is 18.2 Å². The van der Waals surface area contributed by atoms with Gasteiger partial charge in [0.1, 0.15) is 5.82 Å². The van der Waals surface area contributed by atoms with E-state index in [1.54, 1.807) is 35.8 Å². The number of benzene rings is 1. The van der Waals surface area contributed by atoms with E-state index in [1.165, 1.54) is 6.07 Å². The molecule has 1 aromatic carbocycles. The Morgan fingerprint density at radius 3 is 2.58 bits per heavy atom. The van der Waals surface area contributed by atoms with Gasteiger partial charge in [0.2, 0.25) is 5.91 Å². The van der Waals surface area contributed by atoms with E-state index in [-0.39, 0.29) is 47.6 Å². The highest BCUT2D eigenvalue weighted by molar-refractivity contribution is 5.82. The van der Waals surface area contributed by atoms with Crippen molar-refractivity contribution in [3.8, 4) is 0 Å². The average Bonchev–Trinajstić information content (AvgIpc) is 2.80. The molecule has 33 heavy (non-hydrogen) atoms. The van der Waals surface area contributed by atoms with Crippen molar-refractivity contribution < 1.29 is 23.5 Å². The predicted octanol–water partition coefficient (Wildman–Crippen LogP) is 3.81. The van der Waals surface area contributed by atoms with Crippen molar-refractivity contribution in [2.24, 2.45) is 11.8 Å². The summed E-state index contributed by atoms with van der Waals surface area (Å²) in [5.74, 6) is -1.16. The van der Waals surface area contributed by atoms with E-state index in [0.29, 0.717) is 44.6 Å². The Kier molecular flexibility index (Phi) is 8.32. The lowest BCUT2D eigenvalue weighted by atomic mass is 9.87. The van der Waals surface area contributed by atoms with Crippen LogP contribution in [0.25, 0.3) is 0 Å². The molecule has 182 valence electrons. The van der Waals surface area contributed by atoms with Crippen LogP contribution >= 0.6 is 0 Å². The SMILES string of the molecule is CCOC(=O)C1CCCN(C(=O)C2CCC(c3ccc(F)c(C)c3)N(C(=O)NC(C)C)C2)C1. The summed E-state index contributed by atoms with van der Waals surface area (Å²) in [6, 6.07) is 4.45. The van der Waals surface area contributed by atoms with Crippen molar-refractivity contribution in [3.63, 3.8) is 0 Å². The summed E-state index contributed by atoms with van der Waals surface area (Å²) in [5, 5.41) is 2.94. The summed E-state index contributed by atoms with van der Waals surface area (Å²) in [4.78, 5) is 42.1. The molecule has 0 aliphatic carbocycles. The number of esters is 1. The molecule has 2 aliphatic rings. The maximum Gasteiger partial charge on any atom is 0.318 e. The molecule has 0 saturated carbocycles. The summed E-state index contributed by atoms with van der Waals surface area (Å²) in [5.41, 5.74) is 1.41. The van der Waals surface area contributed by atoms with Gasteiger partial charge < -0.3 is 19.9 Å². The Bertz CT molecular complexity index is 875. The monoisotopic (exact) mass is 461 g/mol. The minimum Gasteiger partial charge on any atom is -0.466 e. The molecule has 0 aromatic heterocycles. The number of carbonyl (C=O) groups is 3. The van der Waals surface area contributed by atoms with Crippen LogP contribution in [0, 0.1) is 24.6 Å². The molecule has 1 N–H and O–H groups in total. The molecule has 3 atom stereocenters. The van der Waals surface area contributed by atoms with Crippen molar-refractivity contribution in [2.75, 3.05) is 26.2 Å². The zero-order chi connectivity index (χ0) is 24.1. The highest BCUT2D eigenvalue weighted by Crippen LogP contribution is 2.35. The number of nitrogens with zero attached hydrogens (tertiary/aromatic N) is 2. The van der Waals surface area contributed by atoms with Gasteiger partial charge in [-0.3, -0.25) is 9.59 Å². The fourth-order valence-corrected chi connectivity index (χ4v) is 4.84. The molecular weight excluding hydrogens is 425 g/mol. The van der Waals surface area contributed by atoms with E-state index in [1.807, 2.05) is 13.8 Å². The number of amides is 3. The third-order valence-corrected chi connectivity index (χ3v) is 6.52. The van der Waals surface area contributed by atoms with E-state index in [4.69, 9.17) is 4.74 Å². The number of piperidine rings is 2. The van der Waals surface area contributed by atoms with Crippen LogP contribution in [-0.2, 0) is 14.3 Å². The molecule has 2 heterocycles. The molecule has 3 rings (SSSR count). The maximum atomic E-state index is 13.8. The third-order valence-electron chi connectivity index (χ3n) is 6.52. The maximum absolute atomic E-state index is 13.8. The highest BCUT2D eigenvalue weighted by atomic mass is 19.1. The number of halogens is 1. The standard InChI is InChI=1S/C25H36FN3O4/c1-5-33-24(31)20-7-6-12-28(14-20)23(30)19-9-11-22(18-8-10-21(26)17(4)13-18)29(15-19)25(32)27-16(2)3/h8,10,13,16,19-20,22H,5-7,9,11-12,14-15H2,1-4H3,(H,27,32). The Morgan fingerprint density at radius 1 is 1.15 bits per heavy atom. The molecule has 2 fully saturated rings. The molecular formula is C25H36FN3O4. The second kappa shape index (κ2) is 11.0. The first-order valence-corrected chi connectivity index (χ1v) is 12.0. The second-order valence-corrected chi connectivity index (χ2v) is 9.43. The van der Waals surface area contributed by atoms with Crippen LogP contribution < -0.4 is 5.32 Å². The molecule has 2 aliphatic heterocycles. The molecule has 3 amide bonds. The van der Waals surface area contributed by atoms with Crippen LogP contribution in [0.4, 0.5) is 9.18 Å². The zero-order valence-electron chi connectivity index (χ0n) is 20.1. The molecule has 0 radical (unpaired) electrons. The van der Waals surface area contributed by atoms with Gasteiger partial charge in [0.05, 0.1) is 24.5 Å². The van der Waals surface area contributed by atoms with Gasteiger partial charge in [-0.15, -0.1) is 0 Å². The quantitative estimate of drug-likeness (QED) is 0.677. The molecule has 3 unspecified atom stereocenters. The van der Waals surface area contributed by atoms with Gasteiger partial charge in [-0.1, -0.05) is 12.1 Å². The van der Waals surface area contributed by atoms with Gasteiger partial charge >= 0.3 is 12.0 Å². The van der Waals surface area contributed by atoms with Gasteiger partial charge in [-0.05, 0) is 70.6 Å². The lowest BCUT2D eigenvalue weighted by Gasteiger charge is -2.42. The fraction of sp³-hybridized carbons (Fsp3) is 0.640. The number of rotatable bonds is 5. The first-order valence-electron chi connectivity index (χ1n) is 12.0. The smallest absolute Gasteiger partial charge is 0.318 e. The number of ether oxygens (including phenoxy) is 1. The molecule has 7 nitrogen and oxygen atoms in total. The van der Waals surface area contributed by atoms with Crippen molar-refractivity contribution in [1.82, 2.24) is 15.1 Å². The fourth-order valence-electron chi connectivity index (χ4n) is 4.84. The van der Waals surface area contributed by atoms with Crippen molar-refractivity contribution in [2.45, 2.75) is 65.5 Å². The summed E-state index contributed by atoms with van der Waals surface area (Å²) >= 11 is 0. The van der Waals surface area contributed by atoms with Gasteiger partial charge in [0.15, 0.2) is 0 Å². The van der Waals surface area contributed by atoms with Gasteiger partial charge in [0.25, 0.3) is 0 Å². The summed E-state index contributed by atoms with van der Waals surface area (Å²) in [7, 11) is 0. The largest absolute Gasteiger partial charge is 0.466 e. The van der Waals surface area contributed by atoms with E-state index in [0.717, 1.165) is 18.4 Å². The minimum absolute atomic E-state index is 0.0138. The van der Waals surface area contributed by atoms with Crippen molar-refractivity contribution >= 4 is 17.9 Å². The number of aryl methyl sites for hydroxylation is 1. The third kappa shape index (κ3) is 6.03. The summed E-state index contributed by atoms with van der Waals surface area (Å²) < 4.78 is 19.0. The summed E-state index contributed by atoms with van der Waals surface area (Å²) in [6.45, 7) is 8.88. The normalized spacial score (nSPS) is 23.4. The van der Waals surface area contributed by atoms with Crippen LogP contribution in [-0.4, -0.2) is 60.0 Å². The van der Waals surface area contributed by atoms with Gasteiger partial charge in [0, 0.05) is 25.7 Å². The summed E-state index contributed by atoms with van der Waals surface area (Å²) in [6.07, 6.45) is 2.73. The Morgan fingerprint density at radius 2 is 1.91 bits per heavy atom. The molecule has 0 bridgehead atoms. The molecule has 8 heteroatoms. The second-order valence-electron chi connectivity index (χ2n) is 9.43. The Balaban J connectivity index is 1.76. The zero-order valence-corrected chi connectivity index (χ0v) is 20.1. The van der Waals surface area contributed by atoms with Crippen LogP contribution in [0.3, 0.4) is 0 Å². The number of hydrogen-bond acceptors (Lipinski definition) is 4. The number of urea groups is 1. The number of likely N-dealkylation sites (tertiary alicyclic amines) is 2. The van der Waals surface area contributed by atoms with Crippen LogP contribution in [0.2, 0.25) is 0 Å². The molecule has 1 aromatic rings. The topological polar surface area (TPSA) is 79.0 Å². The van der Waals surface area contributed by atoms with E-state index in [2.05, 4.69) is 5.32 Å². The molecule has 0 spiro atoms. The number of hydrogen-bond donors (Lipinski definition) is 1. The van der Waals surface area contributed by atoms with Crippen molar-refractivity contribution in [1.29, 1.82) is 0 Å². The first-order chi connectivity index (χ1) is 15.7. The average molecular weight is 462 g/mol. The lowest BCUT2D eigenvalue weighted by Crippen LogP contribution is -2.53. The van der Waals surface area contributed by atoms with Crippen LogP contribution in [0.5, 0.6) is 0 Å². The van der Waals surface area contributed by atoms with E-state index in [9.17, 15) is 18.8 Å². The van der Waals surface area contributed by atoms with E-state index >= 15 is 0 Å². The predicted molar refractivity (Wildman–Crippen MR) is 123 cm³/mol. The number of carbonyl (C=O) groups excluding carboxylic acids is 3. The van der Waals surface area contributed by atoms with Crippen molar-refractivity contribution in [3.05, 3.63) is 35.1 Å². The Hall–Kier alpha value is -2.64. The highest BCUT2D eigenvalue weighted by Gasteiger charge is 2.39. The lowest BCUT2D eigenvalue weighted by molar-refractivity contribution is -0.152. The van der Waals surface area contributed by atoms with Gasteiger partial charge in [-0.2, -0.15) is 0 Å². The van der Waals surface area contributed by atoms with Gasteiger partial charge in [-0.25, -0.2) is 9.18 Å². The molecule has 2 saturated heterocycles. The van der Waals surface area contributed by atoms with Crippen LogP contribution in [0.1, 0.15) is 63.6 Å². The van der Waals surface area contributed by atoms with E-state index < -0.39 is 0 Å². The number of nitrogens with one attached hydrogen (secondary N) is 1. The Labute approximate surface area is 195 Å².